The zero-order valence-electron chi connectivity index (χ0n) is 10.6. The minimum Gasteiger partial charge on any atom is -0.461 e. The first-order chi connectivity index (χ1) is 9.83. The summed E-state index contributed by atoms with van der Waals surface area (Å²) in [5.41, 5.74) is 0.978. The number of rotatable bonds is 4. The number of pyridine rings is 1. The van der Waals surface area contributed by atoms with Gasteiger partial charge < -0.3 is 14.2 Å². The van der Waals surface area contributed by atoms with E-state index in [1.807, 2.05) is 12.1 Å². The summed E-state index contributed by atoms with van der Waals surface area (Å²) < 4.78 is 10.7. The second kappa shape index (κ2) is 5.44. The molecule has 3 rings (SSSR count). The van der Waals surface area contributed by atoms with Crippen molar-refractivity contribution in [3.8, 4) is 11.5 Å². The minimum atomic E-state index is -0.264. The van der Waals surface area contributed by atoms with E-state index in [0.29, 0.717) is 18.1 Å². The number of amides is 1. The lowest BCUT2D eigenvalue weighted by molar-refractivity contribution is 0.0924. The smallest absolute Gasteiger partial charge is 0.287 e. The normalized spacial score (nSPS) is 10.4. The summed E-state index contributed by atoms with van der Waals surface area (Å²) in [6.45, 7) is 0.429. The van der Waals surface area contributed by atoms with Crippen LogP contribution in [-0.4, -0.2) is 10.9 Å². The summed E-state index contributed by atoms with van der Waals surface area (Å²) in [5, 5.41) is 2.78. The van der Waals surface area contributed by atoms with Crippen LogP contribution in [0.5, 0.6) is 0 Å². The van der Waals surface area contributed by atoms with E-state index in [1.165, 1.54) is 0 Å². The van der Waals surface area contributed by atoms with Crippen LogP contribution in [0.25, 0.3) is 11.5 Å². The van der Waals surface area contributed by atoms with E-state index >= 15 is 0 Å². The number of carbonyl (C=O) groups excluding carboxylic acids is 1. The molecule has 0 spiro atoms. The highest BCUT2D eigenvalue weighted by Crippen LogP contribution is 2.22. The number of aromatic nitrogens is 1. The summed E-state index contributed by atoms with van der Waals surface area (Å²) in [6, 6.07) is 10.6. The fourth-order valence-electron chi connectivity index (χ4n) is 1.78. The van der Waals surface area contributed by atoms with Crippen LogP contribution in [0.4, 0.5) is 0 Å². The maximum absolute atomic E-state index is 11.9. The number of hydrogen-bond donors (Lipinski definition) is 1. The summed E-state index contributed by atoms with van der Waals surface area (Å²) in [7, 11) is 0. The molecular formula is C15H12N2O3. The fourth-order valence-corrected chi connectivity index (χ4v) is 1.78. The third-order valence-corrected chi connectivity index (χ3v) is 2.80. The van der Waals surface area contributed by atoms with E-state index in [4.69, 9.17) is 8.83 Å². The lowest BCUT2D eigenvalue weighted by Crippen LogP contribution is -2.22. The Kier molecular flexibility index (Phi) is 3.33. The standard InChI is InChI=1S/C15H12N2O3/c18-15(17-10-11-5-7-16-8-6-11)14-4-3-13(20-14)12-2-1-9-19-12/h1-9H,10H2,(H,17,18). The third kappa shape index (κ3) is 2.61. The molecule has 1 N–H and O–H groups in total. The van der Waals surface area contributed by atoms with Crippen molar-refractivity contribution in [3.05, 3.63) is 66.4 Å². The molecule has 0 aliphatic heterocycles. The zero-order valence-corrected chi connectivity index (χ0v) is 10.6. The molecule has 0 saturated heterocycles. The molecule has 3 aromatic heterocycles. The van der Waals surface area contributed by atoms with Gasteiger partial charge in [0.2, 0.25) is 0 Å². The molecule has 0 saturated carbocycles. The Balaban J connectivity index is 1.66. The molecule has 0 atom stereocenters. The first kappa shape index (κ1) is 12.2. The summed E-state index contributed by atoms with van der Waals surface area (Å²) >= 11 is 0. The molecule has 1 amide bonds. The lowest BCUT2D eigenvalue weighted by Gasteiger charge is -2.02. The van der Waals surface area contributed by atoms with Crippen molar-refractivity contribution in [1.82, 2.24) is 10.3 Å². The maximum atomic E-state index is 11.9. The van der Waals surface area contributed by atoms with Crippen molar-refractivity contribution < 1.29 is 13.6 Å². The van der Waals surface area contributed by atoms with Crippen molar-refractivity contribution in [2.75, 3.05) is 0 Å². The van der Waals surface area contributed by atoms with E-state index in [9.17, 15) is 4.79 Å². The van der Waals surface area contributed by atoms with Crippen molar-refractivity contribution in [2.24, 2.45) is 0 Å². The Labute approximate surface area is 115 Å². The molecular weight excluding hydrogens is 256 g/mol. The average molecular weight is 268 g/mol. The Morgan fingerprint density at radius 3 is 2.70 bits per heavy atom. The van der Waals surface area contributed by atoms with Gasteiger partial charge in [-0.15, -0.1) is 0 Å². The molecule has 5 heteroatoms. The highest BCUT2D eigenvalue weighted by atomic mass is 16.4. The van der Waals surface area contributed by atoms with Gasteiger partial charge in [0.25, 0.3) is 5.91 Å². The number of nitrogens with zero attached hydrogens (tertiary/aromatic N) is 1. The Morgan fingerprint density at radius 2 is 1.95 bits per heavy atom. The van der Waals surface area contributed by atoms with Crippen LogP contribution in [0.3, 0.4) is 0 Å². The number of nitrogens with one attached hydrogen (secondary N) is 1. The molecule has 100 valence electrons. The number of furan rings is 2. The predicted octanol–water partition coefficient (Wildman–Crippen LogP) is 2.86. The average Bonchev–Trinajstić information content (AvgIpc) is 3.16. The fraction of sp³-hybridized carbons (Fsp3) is 0.0667. The van der Waals surface area contributed by atoms with Gasteiger partial charge in [0, 0.05) is 18.9 Å². The molecule has 0 aliphatic rings. The quantitative estimate of drug-likeness (QED) is 0.790. The SMILES string of the molecule is O=C(NCc1ccncc1)c1ccc(-c2ccco2)o1. The van der Waals surface area contributed by atoms with Crippen molar-refractivity contribution in [2.45, 2.75) is 6.54 Å². The molecule has 0 aliphatic carbocycles. The van der Waals surface area contributed by atoms with Gasteiger partial charge in [-0.05, 0) is 42.0 Å². The molecule has 3 aromatic rings. The van der Waals surface area contributed by atoms with Crippen LogP contribution in [0.1, 0.15) is 16.1 Å². The van der Waals surface area contributed by atoms with Crippen LogP contribution in [-0.2, 0) is 6.54 Å². The topological polar surface area (TPSA) is 68.3 Å². The van der Waals surface area contributed by atoms with Crippen molar-refractivity contribution >= 4 is 5.91 Å². The first-order valence-electron chi connectivity index (χ1n) is 6.14. The van der Waals surface area contributed by atoms with Crippen molar-refractivity contribution in [1.29, 1.82) is 0 Å². The maximum Gasteiger partial charge on any atom is 0.287 e. The van der Waals surface area contributed by atoms with Crippen molar-refractivity contribution in [3.63, 3.8) is 0 Å². The van der Waals surface area contributed by atoms with Gasteiger partial charge in [-0.25, -0.2) is 0 Å². The summed E-state index contributed by atoms with van der Waals surface area (Å²) in [6.07, 6.45) is 4.92. The molecule has 0 radical (unpaired) electrons. The molecule has 5 nitrogen and oxygen atoms in total. The van der Waals surface area contributed by atoms with Crippen LogP contribution in [0, 0.1) is 0 Å². The van der Waals surface area contributed by atoms with Gasteiger partial charge in [-0.3, -0.25) is 9.78 Å². The highest BCUT2D eigenvalue weighted by Gasteiger charge is 2.13. The van der Waals surface area contributed by atoms with Crippen LogP contribution >= 0.6 is 0 Å². The number of hydrogen-bond acceptors (Lipinski definition) is 4. The largest absolute Gasteiger partial charge is 0.461 e. The molecule has 0 fully saturated rings. The first-order valence-corrected chi connectivity index (χ1v) is 6.14. The van der Waals surface area contributed by atoms with Gasteiger partial charge in [0.15, 0.2) is 17.3 Å². The molecule has 3 heterocycles. The second-order valence-electron chi connectivity index (χ2n) is 4.18. The molecule has 0 unspecified atom stereocenters. The van der Waals surface area contributed by atoms with Crippen LogP contribution in [0.2, 0.25) is 0 Å². The van der Waals surface area contributed by atoms with E-state index in [-0.39, 0.29) is 11.7 Å². The lowest BCUT2D eigenvalue weighted by atomic mass is 10.2. The highest BCUT2D eigenvalue weighted by molar-refractivity contribution is 5.91. The van der Waals surface area contributed by atoms with Gasteiger partial charge >= 0.3 is 0 Å². The van der Waals surface area contributed by atoms with Crippen LogP contribution in [0.15, 0.2) is 63.9 Å². The van der Waals surface area contributed by atoms with Gasteiger partial charge in [-0.2, -0.15) is 0 Å². The Bertz CT molecular complexity index is 687. The predicted molar refractivity (Wildman–Crippen MR) is 71.8 cm³/mol. The molecule has 20 heavy (non-hydrogen) atoms. The van der Waals surface area contributed by atoms with E-state index in [2.05, 4.69) is 10.3 Å². The van der Waals surface area contributed by atoms with E-state index in [0.717, 1.165) is 5.56 Å². The summed E-state index contributed by atoms with van der Waals surface area (Å²) in [5.74, 6) is 1.12. The Morgan fingerprint density at radius 1 is 1.10 bits per heavy atom. The molecule has 0 aromatic carbocycles. The number of carbonyl (C=O) groups is 1. The van der Waals surface area contributed by atoms with Gasteiger partial charge in [0.1, 0.15) is 0 Å². The van der Waals surface area contributed by atoms with Gasteiger partial charge in [0.05, 0.1) is 6.26 Å². The monoisotopic (exact) mass is 268 g/mol. The molecule has 0 bridgehead atoms. The zero-order chi connectivity index (χ0) is 13.8. The second-order valence-corrected chi connectivity index (χ2v) is 4.18. The summed E-state index contributed by atoms with van der Waals surface area (Å²) in [4.78, 5) is 15.9. The third-order valence-electron chi connectivity index (χ3n) is 2.80. The van der Waals surface area contributed by atoms with Crippen LogP contribution < -0.4 is 5.32 Å². The Hall–Kier alpha value is -2.82. The van der Waals surface area contributed by atoms with E-state index < -0.39 is 0 Å². The van der Waals surface area contributed by atoms with E-state index in [1.54, 1.807) is 42.9 Å². The minimum absolute atomic E-state index is 0.255. The van der Waals surface area contributed by atoms with Gasteiger partial charge in [-0.1, -0.05) is 0 Å².